The quantitative estimate of drug-likeness (QED) is 0.819. The summed E-state index contributed by atoms with van der Waals surface area (Å²) < 4.78 is 26.0. The molecule has 0 heterocycles. The minimum atomic E-state index is -1.23. The first kappa shape index (κ1) is 12.1. The Bertz CT molecular complexity index is 435. The van der Waals surface area contributed by atoms with Crippen molar-refractivity contribution in [1.82, 2.24) is 4.90 Å². The first-order valence-corrected chi connectivity index (χ1v) is 4.41. The lowest BCUT2D eigenvalue weighted by Gasteiger charge is -2.15. The van der Waals surface area contributed by atoms with Crippen LogP contribution in [0.1, 0.15) is 10.4 Å². The molecule has 2 N–H and O–H groups in total. The van der Waals surface area contributed by atoms with Crippen LogP contribution in [0.2, 0.25) is 0 Å². The van der Waals surface area contributed by atoms with Crippen molar-refractivity contribution in [2.24, 2.45) is 5.73 Å². The van der Waals surface area contributed by atoms with Gasteiger partial charge in [0.05, 0.1) is 12.1 Å². The van der Waals surface area contributed by atoms with Gasteiger partial charge < -0.3 is 10.6 Å². The maximum atomic E-state index is 13.2. The number of hydrogen-bond acceptors (Lipinski definition) is 2. The molecule has 0 aliphatic carbocycles. The Morgan fingerprint density at radius 1 is 1.38 bits per heavy atom. The van der Waals surface area contributed by atoms with Crippen LogP contribution >= 0.6 is 0 Å². The molecular weight excluding hydrogens is 218 g/mol. The molecule has 4 nitrogen and oxygen atoms in total. The molecule has 2 amide bonds. The summed E-state index contributed by atoms with van der Waals surface area (Å²) >= 11 is 0. The zero-order chi connectivity index (χ0) is 12.3. The van der Waals surface area contributed by atoms with Gasteiger partial charge in [0.2, 0.25) is 5.91 Å². The van der Waals surface area contributed by atoms with E-state index in [0.29, 0.717) is 0 Å². The van der Waals surface area contributed by atoms with E-state index in [1.807, 2.05) is 0 Å². The molecule has 0 radical (unpaired) electrons. The number of hydrogen-bond donors (Lipinski definition) is 1. The second-order valence-corrected chi connectivity index (χ2v) is 3.23. The van der Waals surface area contributed by atoms with E-state index in [1.54, 1.807) is 0 Å². The van der Waals surface area contributed by atoms with Gasteiger partial charge in [0, 0.05) is 7.05 Å². The maximum absolute atomic E-state index is 13.2. The van der Waals surface area contributed by atoms with Gasteiger partial charge in [-0.05, 0) is 12.1 Å². The van der Waals surface area contributed by atoms with Crippen molar-refractivity contribution >= 4 is 11.8 Å². The van der Waals surface area contributed by atoms with Crippen LogP contribution in [0.25, 0.3) is 0 Å². The van der Waals surface area contributed by atoms with Gasteiger partial charge in [-0.2, -0.15) is 0 Å². The SMILES string of the molecule is CN(CC(N)=O)C(=O)c1cccc(F)c1F. The lowest BCUT2D eigenvalue weighted by molar-refractivity contribution is -0.118. The normalized spacial score (nSPS) is 9.94. The molecular formula is C10H10F2N2O2. The van der Waals surface area contributed by atoms with E-state index in [9.17, 15) is 18.4 Å². The average molecular weight is 228 g/mol. The summed E-state index contributed by atoms with van der Waals surface area (Å²) in [5, 5.41) is 0. The van der Waals surface area contributed by atoms with Crippen LogP contribution in [0, 0.1) is 11.6 Å². The van der Waals surface area contributed by atoms with Crippen molar-refractivity contribution in [1.29, 1.82) is 0 Å². The highest BCUT2D eigenvalue weighted by atomic mass is 19.2. The highest BCUT2D eigenvalue weighted by Crippen LogP contribution is 2.12. The molecule has 16 heavy (non-hydrogen) atoms. The summed E-state index contributed by atoms with van der Waals surface area (Å²) in [6.07, 6.45) is 0. The smallest absolute Gasteiger partial charge is 0.257 e. The summed E-state index contributed by atoms with van der Waals surface area (Å²) in [4.78, 5) is 23.0. The second-order valence-electron chi connectivity index (χ2n) is 3.23. The summed E-state index contributed by atoms with van der Waals surface area (Å²) in [6, 6.07) is 3.25. The number of likely N-dealkylation sites (N-methyl/N-ethyl adjacent to an activating group) is 1. The molecule has 0 spiro atoms. The third-order valence-electron chi connectivity index (χ3n) is 1.92. The van der Waals surface area contributed by atoms with E-state index in [2.05, 4.69) is 0 Å². The summed E-state index contributed by atoms with van der Waals surface area (Å²) in [5.74, 6) is -3.87. The zero-order valence-corrected chi connectivity index (χ0v) is 8.54. The third kappa shape index (κ3) is 2.53. The van der Waals surface area contributed by atoms with Gasteiger partial charge in [0.1, 0.15) is 0 Å². The highest BCUT2D eigenvalue weighted by Gasteiger charge is 2.19. The van der Waals surface area contributed by atoms with Crippen molar-refractivity contribution in [3.8, 4) is 0 Å². The molecule has 0 saturated heterocycles. The number of rotatable bonds is 3. The number of carbonyl (C=O) groups is 2. The molecule has 6 heteroatoms. The Morgan fingerprint density at radius 3 is 2.56 bits per heavy atom. The zero-order valence-electron chi connectivity index (χ0n) is 8.54. The van der Waals surface area contributed by atoms with Crippen LogP contribution in [0.4, 0.5) is 8.78 Å². The number of amides is 2. The molecule has 0 atom stereocenters. The summed E-state index contributed by atoms with van der Waals surface area (Å²) in [7, 11) is 1.28. The molecule has 1 aromatic carbocycles. The fourth-order valence-corrected chi connectivity index (χ4v) is 1.18. The van der Waals surface area contributed by atoms with E-state index in [-0.39, 0.29) is 6.54 Å². The van der Waals surface area contributed by atoms with Crippen LogP contribution in [0.5, 0.6) is 0 Å². The van der Waals surface area contributed by atoms with Gasteiger partial charge in [-0.25, -0.2) is 8.78 Å². The van der Waals surface area contributed by atoms with Gasteiger partial charge in [-0.3, -0.25) is 9.59 Å². The predicted octanol–water partition coefficient (Wildman–Crippen LogP) is 0.522. The van der Waals surface area contributed by atoms with Crippen molar-refractivity contribution in [2.75, 3.05) is 13.6 Å². The molecule has 0 fully saturated rings. The van der Waals surface area contributed by atoms with Crippen molar-refractivity contribution < 1.29 is 18.4 Å². The Labute approximate surface area is 90.6 Å². The second kappa shape index (κ2) is 4.69. The van der Waals surface area contributed by atoms with Gasteiger partial charge in [-0.15, -0.1) is 0 Å². The largest absolute Gasteiger partial charge is 0.368 e. The summed E-state index contributed by atoms with van der Waals surface area (Å²) in [5.41, 5.74) is 4.45. The molecule has 1 aromatic rings. The number of halogens is 2. The fraction of sp³-hybridized carbons (Fsp3) is 0.200. The van der Waals surface area contributed by atoms with E-state index >= 15 is 0 Å². The minimum absolute atomic E-state index is 0.352. The van der Waals surface area contributed by atoms with Crippen molar-refractivity contribution in [3.63, 3.8) is 0 Å². The van der Waals surface area contributed by atoms with E-state index in [4.69, 9.17) is 5.73 Å². The van der Waals surface area contributed by atoms with E-state index < -0.39 is 29.0 Å². The number of benzene rings is 1. The van der Waals surface area contributed by atoms with E-state index in [1.165, 1.54) is 13.1 Å². The molecule has 86 valence electrons. The summed E-state index contributed by atoms with van der Waals surface area (Å²) in [6.45, 7) is -0.352. The molecule has 1 rings (SSSR count). The van der Waals surface area contributed by atoms with Crippen molar-refractivity contribution in [2.45, 2.75) is 0 Å². The average Bonchev–Trinajstić information content (AvgIpc) is 2.20. The highest BCUT2D eigenvalue weighted by molar-refractivity contribution is 5.96. The van der Waals surface area contributed by atoms with Crippen LogP contribution in [-0.2, 0) is 4.79 Å². The molecule has 0 aliphatic heterocycles. The Morgan fingerprint density at radius 2 is 2.00 bits per heavy atom. The fourth-order valence-electron chi connectivity index (χ4n) is 1.18. The van der Waals surface area contributed by atoms with Crippen LogP contribution < -0.4 is 5.73 Å². The van der Waals surface area contributed by atoms with Crippen LogP contribution in [0.15, 0.2) is 18.2 Å². The Balaban J connectivity index is 2.96. The standard InChI is InChI=1S/C10H10F2N2O2/c1-14(5-8(13)15)10(16)6-3-2-4-7(11)9(6)12/h2-4H,5H2,1H3,(H2,13,15). The first-order valence-electron chi connectivity index (χ1n) is 4.41. The van der Waals surface area contributed by atoms with Gasteiger partial charge >= 0.3 is 0 Å². The van der Waals surface area contributed by atoms with Crippen LogP contribution in [-0.4, -0.2) is 30.3 Å². The lowest BCUT2D eigenvalue weighted by Crippen LogP contribution is -2.35. The van der Waals surface area contributed by atoms with Gasteiger partial charge in [0.15, 0.2) is 11.6 Å². The van der Waals surface area contributed by atoms with Crippen molar-refractivity contribution in [3.05, 3.63) is 35.4 Å². The number of nitrogens with two attached hydrogens (primary N) is 1. The monoisotopic (exact) mass is 228 g/mol. The minimum Gasteiger partial charge on any atom is -0.368 e. The molecule has 0 aliphatic rings. The maximum Gasteiger partial charge on any atom is 0.257 e. The molecule has 0 aromatic heterocycles. The molecule has 0 bridgehead atoms. The lowest BCUT2D eigenvalue weighted by atomic mass is 10.2. The number of primary amides is 1. The number of nitrogens with zero attached hydrogens (tertiary/aromatic N) is 1. The Kier molecular flexibility index (Phi) is 3.55. The van der Waals surface area contributed by atoms with E-state index in [0.717, 1.165) is 17.0 Å². The molecule has 0 saturated carbocycles. The number of carbonyl (C=O) groups excluding carboxylic acids is 2. The van der Waals surface area contributed by atoms with Gasteiger partial charge in [-0.1, -0.05) is 6.07 Å². The first-order chi connectivity index (χ1) is 7.43. The molecule has 0 unspecified atom stereocenters. The van der Waals surface area contributed by atoms with Crippen LogP contribution in [0.3, 0.4) is 0 Å². The Hall–Kier alpha value is -1.98. The van der Waals surface area contributed by atoms with Gasteiger partial charge in [0.25, 0.3) is 5.91 Å². The predicted molar refractivity (Wildman–Crippen MR) is 52.5 cm³/mol. The topological polar surface area (TPSA) is 63.4 Å². The third-order valence-corrected chi connectivity index (χ3v) is 1.92.